The van der Waals surface area contributed by atoms with Gasteiger partial charge in [0.05, 0.1) is 49.9 Å². The van der Waals surface area contributed by atoms with Crippen LogP contribution in [0, 0.1) is 45.8 Å². The lowest BCUT2D eigenvalue weighted by Crippen LogP contribution is -2.33. The normalized spacial score (nSPS) is 30.8. The molecule has 2 amide bonds. The predicted octanol–water partition coefficient (Wildman–Crippen LogP) is 4.66. The van der Waals surface area contributed by atoms with E-state index in [1.165, 1.54) is 12.7 Å². The summed E-state index contributed by atoms with van der Waals surface area (Å²) in [5, 5.41) is 24.2. The van der Waals surface area contributed by atoms with E-state index in [4.69, 9.17) is 14.3 Å². The maximum atomic E-state index is 15.9. The Morgan fingerprint density at radius 2 is 1.39 bits per heavy atom. The number of aromatic nitrogens is 8. The van der Waals surface area contributed by atoms with Crippen LogP contribution in [0.3, 0.4) is 0 Å². The van der Waals surface area contributed by atoms with Gasteiger partial charge in [0.25, 0.3) is 11.1 Å². The maximum Gasteiger partial charge on any atom is 0.280 e. The highest BCUT2D eigenvalue weighted by atomic mass is 31.2. The summed E-state index contributed by atoms with van der Waals surface area (Å²) in [6.45, 7) is 12.9. The van der Waals surface area contributed by atoms with Gasteiger partial charge in [0.15, 0.2) is 30.7 Å². The topological polar surface area (TPSA) is 248 Å². The number of fused-ring (bicyclic) bond motifs is 4. The largest absolute Gasteiger partial charge is 0.389 e. The molecule has 0 bridgehead atoms. The first-order valence-electron chi connectivity index (χ1n) is 19.9. The number of aromatic amines is 2. The lowest BCUT2D eigenvalue weighted by molar-refractivity contribution is -0.119. The fraction of sp³-hybridized carbons (Fsp3) is 0.658. The van der Waals surface area contributed by atoms with Gasteiger partial charge >= 0.3 is 0 Å². The molecule has 21 heteroatoms. The van der Waals surface area contributed by atoms with Crippen LogP contribution in [0.15, 0.2) is 22.2 Å². The molecule has 4 aliphatic rings. The molecule has 0 radical (unpaired) electrons. The van der Waals surface area contributed by atoms with Gasteiger partial charge in [-0.2, -0.15) is 15.2 Å². The Hall–Kier alpha value is -4.70. The number of hydrogen-bond donors (Lipinski definition) is 5. The molecule has 11 atom stereocenters. The van der Waals surface area contributed by atoms with E-state index in [9.17, 15) is 28.7 Å². The van der Waals surface area contributed by atoms with Crippen LogP contribution in [-0.4, -0.2) is 93.8 Å². The number of anilines is 2. The molecule has 0 aliphatic heterocycles. The zero-order valence-corrected chi connectivity index (χ0v) is 34.8. The molecular weight excluding hydrogens is 791 g/mol. The SMILES string of the molecule is CC[C@@]12C[C@@H]1[C@@H](n1cnc3c(=O)[nH]c(NC(=O)C(C)C)nc31)[C@H](F)[C@@H]2O.CC[C@@]12C[C@@H]1[C@@H](n1cnc3c(=O)[nH]c(NC(=O)C(C)C)nc31)[C@H](F)[C@@H]2OP(C)OCCC#N. The van der Waals surface area contributed by atoms with Crippen LogP contribution in [0.1, 0.15) is 85.7 Å². The van der Waals surface area contributed by atoms with Crippen LogP contribution in [0.4, 0.5) is 20.7 Å². The summed E-state index contributed by atoms with van der Waals surface area (Å²) in [5.41, 5.74) is -1.09. The second kappa shape index (κ2) is 16.1. The standard InChI is InChI=1S/C21H28FN6O4P.C17H22FN5O3/c1-5-21-9-12(21)15(13(22)16(21)32-33(4)31-8-6-7-23)28-10-24-14-17(28)25-20(27-19(14)30)26-18(29)11(2)3;1-4-17-5-8(17)11(9(18)12(17)24)23-6-19-10-13(23)20-16(22-15(10)26)21-14(25)7(2)3/h10-13,15-16H,5-6,8-9H2,1-4H3,(H2,25,26,27,29,30);6-9,11-12,24H,4-5H2,1-3H3,(H2,20,21,22,25,26)/t12-,13+,15-,16+,21-,33?;8-,9+,11-,12+,17-/m11/s1. The highest BCUT2D eigenvalue weighted by Gasteiger charge is 2.73. The number of aliphatic hydroxyl groups excluding tert-OH is 1. The molecule has 4 heterocycles. The minimum Gasteiger partial charge on any atom is -0.389 e. The molecule has 0 spiro atoms. The van der Waals surface area contributed by atoms with Crippen LogP contribution in [-0.2, 0) is 18.6 Å². The number of nitrogens with one attached hydrogen (secondary N) is 4. The zero-order valence-electron chi connectivity index (χ0n) is 33.9. The summed E-state index contributed by atoms with van der Waals surface area (Å²) in [5.74, 6) is -1.13. The Bertz CT molecular complexity index is 2410. The van der Waals surface area contributed by atoms with E-state index in [-0.39, 0.29) is 88.2 Å². The second-order valence-corrected chi connectivity index (χ2v) is 17.9. The molecular formula is C38H50F2N11O7P. The van der Waals surface area contributed by atoms with Crippen LogP contribution in [0.5, 0.6) is 0 Å². The second-order valence-electron chi connectivity index (χ2n) is 16.6. The number of hydrogen-bond acceptors (Lipinski definition) is 12. The third-order valence-electron chi connectivity index (χ3n) is 12.7. The number of amides is 2. The number of imidazole rings is 2. The monoisotopic (exact) mass is 841 g/mol. The van der Waals surface area contributed by atoms with E-state index in [2.05, 4.69) is 40.5 Å². The number of nitrogens with zero attached hydrogens (tertiary/aromatic N) is 7. The molecule has 318 valence electrons. The third kappa shape index (κ3) is 7.33. The van der Waals surface area contributed by atoms with Crippen LogP contribution < -0.4 is 21.8 Å². The van der Waals surface area contributed by atoms with Crippen molar-refractivity contribution in [1.29, 1.82) is 5.26 Å². The van der Waals surface area contributed by atoms with Crippen molar-refractivity contribution in [3.63, 3.8) is 0 Å². The van der Waals surface area contributed by atoms with Crippen LogP contribution >= 0.6 is 8.38 Å². The maximum absolute atomic E-state index is 15.9. The summed E-state index contributed by atoms with van der Waals surface area (Å²) >= 11 is 0. The van der Waals surface area contributed by atoms with Gasteiger partial charge in [-0.25, -0.2) is 18.7 Å². The molecule has 8 rings (SSSR count). The molecule has 4 aromatic heterocycles. The lowest BCUT2D eigenvalue weighted by Gasteiger charge is -2.28. The summed E-state index contributed by atoms with van der Waals surface area (Å²) < 4.78 is 45.5. The van der Waals surface area contributed by atoms with E-state index in [1.807, 2.05) is 19.9 Å². The molecule has 4 saturated carbocycles. The molecule has 1 unspecified atom stereocenters. The van der Waals surface area contributed by atoms with Crippen molar-refractivity contribution in [3.8, 4) is 6.07 Å². The number of rotatable bonds is 13. The highest BCUT2D eigenvalue weighted by Crippen LogP contribution is 2.72. The van der Waals surface area contributed by atoms with E-state index in [0.29, 0.717) is 6.42 Å². The van der Waals surface area contributed by atoms with Gasteiger partial charge in [-0.05, 0) is 37.5 Å². The molecule has 0 saturated heterocycles. The van der Waals surface area contributed by atoms with Crippen LogP contribution in [0.2, 0.25) is 0 Å². The van der Waals surface area contributed by atoms with E-state index in [0.717, 1.165) is 19.3 Å². The molecule has 5 N–H and O–H groups in total. The summed E-state index contributed by atoms with van der Waals surface area (Å²) in [7, 11) is -1.34. The number of aliphatic hydroxyl groups is 1. The van der Waals surface area contributed by atoms with Gasteiger partial charge in [-0.15, -0.1) is 0 Å². The number of nitriles is 1. The van der Waals surface area contributed by atoms with Crippen molar-refractivity contribution in [2.45, 2.75) is 110 Å². The first-order chi connectivity index (χ1) is 28.0. The van der Waals surface area contributed by atoms with Gasteiger partial charge < -0.3 is 23.3 Å². The molecule has 4 aliphatic carbocycles. The Labute approximate surface area is 338 Å². The van der Waals surface area contributed by atoms with Gasteiger partial charge in [-0.1, -0.05) is 41.5 Å². The summed E-state index contributed by atoms with van der Waals surface area (Å²) in [4.78, 5) is 70.7. The molecule has 18 nitrogen and oxygen atoms in total. The number of halogens is 2. The number of carbonyl (C=O) groups is 2. The average molecular weight is 842 g/mol. The quantitative estimate of drug-likeness (QED) is 0.0911. The average Bonchev–Trinajstić information content (AvgIpc) is 3.92. The fourth-order valence-electron chi connectivity index (χ4n) is 9.15. The van der Waals surface area contributed by atoms with Gasteiger partial charge in [0.1, 0.15) is 18.4 Å². The van der Waals surface area contributed by atoms with E-state index in [1.54, 1.807) is 43.5 Å². The molecule has 0 aromatic carbocycles. The number of carbonyl (C=O) groups excluding carboxylic acids is 2. The lowest BCUT2D eigenvalue weighted by atomic mass is 9.97. The first kappa shape index (κ1) is 42.4. The highest BCUT2D eigenvalue weighted by molar-refractivity contribution is 7.46. The molecule has 4 fully saturated rings. The zero-order chi connectivity index (χ0) is 42.7. The van der Waals surface area contributed by atoms with Crippen molar-refractivity contribution in [1.82, 2.24) is 39.0 Å². The third-order valence-corrected chi connectivity index (χ3v) is 13.8. The Kier molecular flexibility index (Phi) is 11.5. The predicted molar refractivity (Wildman–Crippen MR) is 213 cm³/mol. The van der Waals surface area contributed by atoms with Crippen molar-refractivity contribution < 1.29 is 32.5 Å². The van der Waals surface area contributed by atoms with Gasteiger partial charge in [0.2, 0.25) is 23.7 Å². The Balaban J connectivity index is 0.000000184. The minimum atomic E-state index is -1.44. The van der Waals surface area contributed by atoms with Crippen molar-refractivity contribution in [2.24, 2.45) is 34.5 Å². The summed E-state index contributed by atoms with van der Waals surface area (Å²) in [6.07, 6.45) is 1.60. The number of alkyl halides is 2. The van der Waals surface area contributed by atoms with Gasteiger partial charge in [-0.3, -0.25) is 39.8 Å². The fourth-order valence-corrected chi connectivity index (χ4v) is 10.2. The summed E-state index contributed by atoms with van der Waals surface area (Å²) in [6, 6.07) is 0.810. The van der Waals surface area contributed by atoms with E-state index < -0.39 is 61.5 Å². The van der Waals surface area contributed by atoms with Crippen molar-refractivity contribution in [2.75, 3.05) is 23.9 Å². The van der Waals surface area contributed by atoms with Crippen molar-refractivity contribution >= 4 is 54.4 Å². The van der Waals surface area contributed by atoms with Gasteiger partial charge in [0, 0.05) is 29.3 Å². The van der Waals surface area contributed by atoms with E-state index >= 15 is 4.39 Å². The van der Waals surface area contributed by atoms with Crippen molar-refractivity contribution in [3.05, 3.63) is 33.4 Å². The Morgan fingerprint density at radius 1 is 0.915 bits per heavy atom. The Morgan fingerprint density at radius 3 is 1.85 bits per heavy atom. The molecule has 4 aromatic rings. The number of H-pyrrole nitrogens is 2. The minimum absolute atomic E-state index is 0.00875. The molecule has 59 heavy (non-hydrogen) atoms. The van der Waals surface area contributed by atoms with Crippen LogP contribution in [0.25, 0.3) is 22.3 Å². The first-order valence-corrected chi connectivity index (χ1v) is 21.6. The smallest absolute Gasteiger partial charge is 0.280 e.